The number of carbonyl (C=O) groups is 3. The highest BCUT2D eigenvalue weighted by Crippen LogP contribution is 2.24. The summed E-state index contributed by atoms with van der Waals surface area (Å²) in [6.07, 6.45) is 0.749. The van der Waals surface area contributed by atoms with Gasteiger partial charge < -0.3 is 14.2 Å². The fraction of sp³-hybridized carbons (Fsp3) is 0.526. The topological polar surface area (TPSA) is 78.9 Å². The van der Waals surface area contributed by atoms with Gasteiger partial charge in [-0.25, -0.2) is 0 Å². The summed E-state index contributed by atoms with van der Waals surface area (Å²) in [4.78, 5) is 35.9. The van der Waals surface area contributed by atoms with Crippen LogP contribution in [0.5, 0.6) is 5.75 Å². The van der Waals surface area contributed by atoms with Crippen molar-refractivity contribution in [2.75, 3.05) is 20.3 Å². The Bertz CT molecular complexity index is 608. The Morgan fingerprint density at radius 1 is 1.04 bits per heavy atom. The van der Waals surface area contributed by atoms with Crippen LogP contribution in [0.2, 0.25) is 0 Å². The second kappa shape index (κ2) is 10.5. The maximum Gasteiger partial charge on any atom is 0.313 e. The quantitative estimate of drug-likeness (QED) is 0.367. The van der Waals surface area contributed by atoms with Gasteiger partial charge in [-0.15, -0.1) is 0 Å². The number of carbonyl (C=O) groups excluding carboxylic acids is 3. The van der Waals surface area contributed by atoms with Crippen molar-refractivity contribution in [3.8, 4) is 5.75 Å². The van der Waals surface area contributed by atoms with Crippen molar-refractivity contribution in [1.82, 2.24) is 0 Å². The smallest absolute Gasteiger partial charge is 0.313 e. The number of ether oxygens (including phenoxy) is 3. The van der Waals surface area contributed by atoms with Gasteiger partial charge in [-0.1, -0.05) is 13.0 Å². The number of Topliss-reactive ketones (excluding diaryl/α,β-unsaturated/α-hetero) is 1. The van der Waals surface area contributed by atoms with Crippen LogP contribution in [-0.2, 0) is 25.5 Å². The lowest BCUT2D eigenvalue weighted by atomic mass is 9.94. The molecule has 1 rings (SSSR count). The zero-order chi connectivity index (χ0) is 18.8. The van der Waals surface area contributed by atoms with E-state index in [1.807, 2.05) is 13.0 Å². The van der Waals surface area contributed by atoms with E-state index in [-0.39, 0.29) is 30.7 Å². The number of esters is 2. The number of methoxy groups -OCH3 is 1. The van der Waals surface area contributed by atoms with Gasteiger partial charge in [0.25, 0.3) is 0 Å². The molecule has 0 bridgehead atoms. The predicted molar refractivity (Wildman–Crippen MR) is 92.7 cm³/mol. The summed E-state index contributed by atoms with van der Waals surface area (Å²) >= 11 is 0. The molecule has 0 saturated carbocycles. The Morgan fingerprint density at radius 3 is 2.28 bits per heavy atom. The number of hydrogen-bond acceptors (Lipinski definition) is 6. The molecule has 0 aliphatic heterocycles. The van der Waals surface area contributed by atoms with E-state index in [9.17, 15) is 14.4 Å². The molecule has 1 atom stereocenters. The highest BCUT2D eigenvalue weighted by atomic mass is 16.5. The van der Waals surface area contributed by atoms with Crippen LogP contribution in [0.3, 0.4) is 0 Å². The Balaban J connectivity index is 2.99. The molecule has 0 N–H and O–H groups in total. The second-order valence-corrected chi connectivity index (χ2v) is 5.50. The fourth-order valence-corrected chi connectivity index (χ4v) is 2.48. The van der Waals surface area contributed by atoms with Crippen LogP contribution in [0, 0.1) is 5.92 Å². The molecule has 0 saturated heterocycles. The van der Waals surface area contributed by atoms with E-state index >= 15 is 0 Å². The van der Waals surface area contributed by atoms with E-state index in [0.29, 0.717) is 30.8 Å². The summed E-state index contributed by atoms with van der Waals surface area (Å²) in [5.74, 6) is -1.08. The maximum atomic E-state index is 12.4. The van der Waals surface area contributed by atoms with E-state index < -0.39 is 5.97 Å². The van der Waals surface area contributed by atoms with E-state index in [1.54, 1.807) is 26.0 Å². The van der Waals surface area contributed by atoms with Crippen LogP contribution in [-0.4, -0.2) is 38.0 Å². The molecule has 0 aliphatic carbocycles. The lowest BCUT2D eigenvalue weighted by Crippen LogP contribution is -2.19. The van der Waals surface area contributed by atoms with Crippen molar-refractivity contribution in [3.63, 3.8) is 0 Å². The first-order chi connectivity index (χ1) is 12.0. The first-order valence-corrected chi connectivity index (χ1v) is 8.49. The summed E-state index contributed by atoms with van der Waals surface area (Å²) in [5.41, 5.74) is 1.12. The summed E-state index contributed by atoms with van der Waals surface area (Å²) in [6.45, 7) is 5.92. The molecule has 1 aromatic carbocycles. The van der Waals surface area contributed by atoms with E-state index in [4.69, 9.17) is 14.2 Å². The minimum absolute atomic E-state index is 0.223. The summed E-state index contributed by atoms with van der Waals surface area (Å²) < 4.78 is 15.1. The van der Waals surface area contributed by atoms with Gasteiger partial charge in [0.15, 0.2) is 5.78 Å². The third kappa shape index (κ3) is 6.21. The molecule has 0 radical (unpaired) electrons. The van der Waals surface area contributed by atoms with Crippen molar-refractivity contribution in [3.05, 3.63) is 29.3 Å². The molecule has 0 heterocycles. The first kappa shape index (κ1) is 20.7. The number of rotatable bonds is 10. The van der Waals surface area contributed by atoms with Crippen molar-refractivity contribution >= 4 is 17.7 Å². The van der Waals surface area contributed by atoms with Crippen molar-refractivity contribution < 1.29 is 28.6 Å². The summed E-state index contributed by atoms with van der Waals surface area (Å²) in [6, 6.07) is 5.15. The van der Waals surface area contributed by atoms with E-state index in [0.717, 1.165) is 5.56 Å². The largest absolute Gasteiger partial charge is 0.496 e. The van der Waals surface area contributed by atoms with Gasteiger partial charge in [0.05, 0.1) is 31.8 Å². The van der Waals surface area contributed by atoms with Crippen molar-refractivity contribution in [2.45, 2.75) is 40.0 Å². The van der Waals surface area contributed by atoms with Gasteiger partial charge in [0.2, 0.25) is 0 Å². The molecule has 0 fully saturated rings. The minimum Gasteiger partial charge on any atom is -0.496 e. The van der Waals surface area contributed by atoms with Crippen LogP contribution in [0.15, 0.2) is 18.2 Å². The standard InChI is InChI=1S/C19H26O6/c1-5-14(19(22)25-7-3)10-13-8-9-17(23-4)15(11-13)16(20)12-18(21)24-6-2/h8-9,11,14H,5-7,10,12H2,1-4H3. The van der Waals surface area contributed by atoms with Crippen molar-refractivity contribution in [2.24, 2.45) is 5.92 Å². The van der Waals surface area contributed by atoms with Crippen LogP contribution in [0.4, 0.5) is 0 Å². The molecular weight excluding hydrogens is 324 g/mol. The molecule has 138 valence electrons. The fourth-order valence-electron chi connectivity index (χ4n) is 2.48. The Morgan fingerprint density at radius 2 is 1.72 bits per heavy atom. The van der Waals surface area contributed by atoms with Gasteiger partial charge in [-0.3, -0.25) is 14.4 Å². The molecule has 1 unspecified atom stereocenters. The Hall–Kier alpha value is -2.37. The molecule has 6 heteroatoms. The maximum absolute atomic E-state index is 12.4. The Labute approximate surface area is 148 Å². The van der Waals surface area contributed by atoms with Crippen LogP contribution in [0.1, 0.15) is 49.5 Å². The molecule has 0 spiro atoms. The van der Waals surface area contributed by atoms with Gasteiger partial charge >= 0.3 is 11.9 Å². The number of benzene rings is 1. The first-order valence-electron chi connectivity index (χ1n) is 8.49. The van der Waals surface area contributed by atoms with Crippen LogP contribution in [0.25, 0.3) is 0 Å². The average Bonchev–Trinajstić information content (AvgIpc) is 2.59. The number of ketones is 1. The average molecular weight is 350 g/mol. The van der Waals surface area contributed by atoms with E-state index in [1.165, 1.54) is 7.11 Å². The molecule has 6 nitrogen and oxygen atoms in total. The van der Waals surface area contributed by atoms with E-state index in [2.05, 4.69) is 0 Å². The zero-order valence-corrected chi connectivity index (χ0v) is 15.3. The highest BCUT2D eigenvalue weighted by molar-refractivity contribution is 6.07. The van der Waals surface area contributed by atoms with Crippen LogP contribution >= 0.6 is 0 Å². The lowest BCUT2D eigenvalue weighted by molar-refractivity contribution is -0.148. The SMILES string of the molecule is CCOC(=O)CC(=O)c1cc(CC(CC)C(=O)OCC)ccc1OC. The molecular formula is C19H26O6. The van der Waals surface area contributed by atoms with Crippen LogP contribution < -0.4 is 4.74 Å². The summed E-state index contributed by atoms with van der Waals surface area (Å²) in [5, 5.41) is 0. The minimum atomic E-state index is -0.571. The molecule has 25 heavy (non-hydrogen) atoms. The lowest BCUT2D eigenvalue weighted by Gasteiger charge is -2.15. The predicted octanol–water partition coefficient (Wildman–Crippen LogP) is 2.96. The van der Waals surface area contributed by atoms with Gasteiger partial charge in [0.1, 0.15) is 12.2 Å². The third-order valence-corrected chi connectivity index (χ3v) is 3.77. The van der Waals surface area contributed by atoms with Gasteiger partial charge in [-0.2, -0.15) is 0 Å². The molecule has 0 aromatic heterocycles. The van der Waals surface area contributed by atoms with Crippen molar-refractivity contribution in [1.29, 1.82) is 0 Å². The third-order valence-electron chi connectivity index (χ3n) is 3.77. The molecule has 1 aromatic rings. The van der Waals surface area contributed by atoms with Gasteiger partial charge in [0, 0.05) is 0 Å². The molecule has 0 aliphatic rings. The Kier molecular flexibility index (Phi) is 8.67. The molecule has 0 amide bonds. The highest BCUT2D eigenvalue weighted by Gasteiger charge is 2.21. The zero-order valence-electron chi connectivity index (χ0n) is 15.3. The number of hydrogen-bond donors (Lipinski definition) is 0. The normalized spacial score (nSPS) is 11.5. The van der Waals surface area contributed by atoms with Gasteiger partial charge in [-0.05, 0) is 44.4 Å². The monoisotopic (exact) mass is 350 g/mol. The summed E-state index contributed by atoms with van der Waals surface area (Å²) in [7, 11) is 1.46. The second-order valence-electron chi connectivity index (χ2n) is 5.50.